The molecule has 156 valence electrons. The zero-order chi connectivity index (χ0) is 21.6. The van der Waals surface area contributed by atoms with Crippen LogP contribution in [0.25, 0.3) is 0 Å². The number of hydrazone groups is 1. The summed E-state index contributed by atoms with van der Waals surface area (Å²) in [7, 11) is 0. The van der Waals surface area contributed by atoms with Crippen molar-refractivity contribution in [3.8, 4) is 0 Å². The molecule has 1 unspecified atom stereocenters. The van der Waals surface area contributed by atoms with Gasteiger partial charge >= 0.3 is 12.4 Å². The molecule has 1 aliphatic heterocycles. The van der Waals surface area contributed by atoms with Crippen LogP contribution >= 0.6 is 27.5 Å². The quantitative estimate of drug-likeness (QED) is 0.504. The molecule has 0 fully saturated rings. The van der Waals surface area contributed by atoms with Crippen LogP contribution < -0.4 is 5.01 Å². The van der Waals surface area contributed by atoms with Crippen LogP contribution in [0.4, 0.5) is 32.0 Å². The van der Waals surface area contributed by atoms with Crippen molar-refractivity contribution in [3.05, 3.63) is 63.6 Å². The predicted octanol–water partition coefficient (Wildman–Crippen LogP) is 6.27. The number of para-hydroxylation sites is 1. The third kappa shape index (κ3) is 3.85. The second kappa shape index (κ2) is 7.48. The van der Waals surface area contributed by atoms with Gasteiger partial charge in [-0.2, -0.15) is 31.4 Å². The summed E-state index contributed by atoms with van der Waals surface area (Å²) in [6.07, 6.45) is -12.8. The average molecular weight is 502 g/mol. The van der Waals surface area contributed by atoms with Gasteiger partial charge < -0.3 is 5.11 Å². The first-order chi connectivity index (χ1) is 13.4. The molecule has 3 rings (SSSR count). The second-order valence-corrected chi connectivity index (χ2v) is 7.64. The van der Waals surface area contributed by atoms with Crippen molar-refractivity contribution in [1.29, 1.82) is 0 Å². The number of aliphatic hydroxyl groups is 1. The van der Waals surface area contributed by atoms with Crippen molar-refractivity contribution in [2.75, 3.05) is 5.01 Å². The molecule has 2 aromatic carbocycles. The Kier molecular flexibility index (Phi) is 5.65. The summed E-state index contributed by atoms with van der Waals surface area (Å²) in [6, 6.07) is 11.2. The van der Waals surface area contributed by atoms with E-state index in [0.717, 1.165) is 5.01 Å². The maximum atomic E-state index is 13.3. The SMILES string of the molecule is OC(C1=NN(c2ccccc2Cl)C(c2ccc(Br)cc2)C1)(C(F)(F)F)C(F)(F)F. The number of benzene rings is 2. The summed E-state index contributed by atoms with van der Waals surface area (Å²) in [5.41, 5.74) is -6.02. The number of alkyl halides is 6. The molecular weight excluding hydrogens is 490 g/mol. The number of rotatable bonds is 3. The van der Waals surface area contributed by atoms with E-state index in [1.165, 1.54) is 30.3 Å². The van der Waals surface area contributed by atoms with Crippen LogP contribution in [0, 0.1) is 0 Å². The van der Waals surface area contributed by atoms with E-state index in [-0.39, 0.29) is 10.7 Å². The van der Waals surface area contributed by atoms with Crippen LogP contribution in [-0.2, 0) is 0 Å². The molecule has 1 aliphatic rings. The van der Waals surface area contributed by atoms with Crippen molar-refractivity contribution in [2.24, 2.45) is 5.10 Å². The molecular formula is C18H12BrClF6N2O. The van der Waals surface area contributed by atoms with E-state index >= 15 is 0 Å². The van der Waals surface area contributed by atoms with Crippen molar-refractivity contribution in [1.82, 2.24) is 0 Å². The van der Waals surface area contributed by atoms with Gasteiger partial charge in [-0.1, -0.05) is 51.8 Å². The zero-order valence-corrected chi connectivity index (χ0v) is 16.6. The molecule has 0 bridgehead atoms. The third-order valence-corrected chi connectivity index (χ3v) is 5.35. The summed E-state index contributed by atoms with van der Waals surface area (Å²) in [5.74, 6) is 0. The van der Waals surface area contributed by atoms with Gasteiger partial charge in [0.05, 0.1) is 22.5 Å². The Labute approximate surface area is 174 Å². The molecule has 3 nitrogen and oxygen atoms in total. The van der Waals surface area contributed by atoms with Gasteiger partial charge in [-0.25, -0.2) is 0 Å². The van der Waals surface area contributed by atoms with Crippen LogP contribution in [0.5, 0.6) is 0 Å². The lowest BCUT2D eigenvalue weighted by molar-refractivity contribution is -0.338. The van der Waals surface area contributed by atoms with Gasteiger partial charge in [0, 0.05) is 10.9 Å². The molecule has 0 radical (unpaired) electrons. The Morgan fingerprint density at radius 2 is 1.52 bits per heavy atom. The van der Waals surface area contributed by atoms with Gasteiger partial charge in [-0.3, -0.25) is 5.01 Å². The second-order valence-electron chi connectivity index (χ2n) is 6.32. The fourth-order valence-electron chi connectivity index (χ4n) is 3.02. The van der Waals surface area contributed by atoms with E-state index in [4.69, 9.17) is 11.6 Å². The van der Waals surface area contributed by atoms with Gasteiger partial charge in [-0.05, 0) is 29.8 Å². The van der Waals surface area contributed by atoms with Gasteiger partial charge in [0.1, 0.15) is 0 Å². The molecule has 2 aromatic rings. The van der Waals surface area contributed by atoms with Crippen molar-refractivity contribution in [2.45, 2.75) is 30.4 Å². The number of halogens is 8. The highest BCUT2D eigenvalue weighted by molar-refractivity contribution is 9.10. The largest absolute Gasteiger partial charge is 0.431 e. The first-order valence-corrected chi connectivity index (χ1v) is 9.26. The molecule has 0 aliphatic carbocycles. The smallest absolute Gasteiger partial charge is 0.369 e. The average Bonchev–Trinajstić information content (AvgIpc) is 3.05. The van der Waals surface area contributed by atoms with Gasteiger partial charge in [0.25, 0.3) is 5.60 Å². The van der Waals surface area contributed by atoms with E-state index in [2.05, 4.69) is 21.0 Å². The fourth-order valence-corrected chi connectivity index (χ4v) is 3.51. The summed E-state index contributed by atoms with van der Waals surface area (Å²) >= 11 is 9.32. The number of hydrogen-bond donors (Lipinski definition) is 1. The maximum absolute atomic E-state index is 13.3. The van der Waals surface area contributed by atoms with E-state index in [1.54, 1.807) is 18.2 Å². The minimum absolute atomic E-state index is 0.0853. The predicted molar refractivity (Wildman–Crippen MR) is 99.9 cm³/mol. The van der Waals surface area contributed by atoms with Gasteiger partial charge in [0.15, 0.2) is 0 Å². The van der Waals surface area contributed by atoms with Crippen LogP contribution in [-0.4, -0.2) is 28.8 Å². The highest BCUT2D eigenvalue weighted by atomic mass is 79.9. The fraction of sp³-hybridized carbons (Fsp3) is 0.278. The molecule has 29 heavy (non-hydrogen) atoms. The number of hydrogen-bond acceptors (Lipinski definition) is 3. The standard InChI is InChI=1S/C18H12BrClF6N2O/c19-11-7-5-10(6-8-11)14-9-15(16(29,17(21,22)23)18(24,25)26)27-28(14)13-4-2-1-3-12(13)20/h1-8,14,29H,9H2. The van der Waals surface area contributed by atoms with Crippen molar-refractivity contribution >= 4 is 38.9 Å². The normalized spacial score (nSPS) is 18.2. The first kappa shape index (κ1) is 21.9. The number of anilines is 1. The van der Waals surface area contributed by atoms with E-state index < -0.39 is 36.1 Å². The van der Waals surface area contributed by atoms with Gasteiger partial charge in [-0.15, -0.1) is 0 Å². The Hall–Kier alpha value is -1.78. The van der Waals surface area contributed by atoms with Gasteiger partial charge in [0.2, 0.25) is 0 Å². The lowest BCUT2D eigenvalue weighted by Gasteiger charge is -2.32. The molecule has 0 saturated heterocycles. The van der Waals surface area contributed by atoms with Crippen LogP contribution in [0.1, 0.15) is 18.0 Å². The van der Waals surface area contributed by atoms with E-state index in [9.17, 15) is 31.4 Å². The summed E-state index contributed by atoms with van der Waals surface area (Å²) in [4.78, 5) is 0. The monoisotopic (exact) mass is 500 g/mol. The third-order valence-electron chi connectivity index (χ3n) is 4.50. The zero-order valence-electron chi connectivity index (χ0n) is 14.3. The molecule has 1 atom stereocenters. The molecule has 0 saturated carbocycles. The lowest BCUT2D eigenvalue weighted by atomic mass is 9.90. The van der Waals surface area contributed by atoms with Crippen LogP contribution in [0.3, 0.4) is 0 Å². The molecule has 11 heteroatoms. The highest BCUT2D eigenvalue weighted by Gasteiger charge is 2.74. The minimum atomic E-state index is -6.01. The van der Waals surface area contributed by atoms with Crippen LogP contribution in [0.15, 0.2) is 58.1 Å². The first-order valence-electron chi connectivity index (χ1n) is 8.09. The van der Waals surface area contributed by atoms with Crippen molar-refractivity contribution in [3.63, 3.8) is 0 Å². The Morgan fingerprint density at radius 1 is 0.966 bits per heavy atom. The summed E-state index contributed by atoms with van der Waals surface area (Å²) < 4.78 is 80.7. The Bertz CT molecular complexity index is 915. The van der Waals surface area contributed by atoms with Crippen molar-refractivity contribution < 1.29 is 31.4 Å². The molecule has 0 aromatic heterocycles. The topological polar surface area (TPSA) is 35.8 Å². The maximum Gasteiger partial charge on any atom is 0.431 e. The Balaban J connectivity index is 2.16. The molecule has 0 spiro atoms. The minimum Gasteiger partial charge on any atom is -0.369 e. The lowest BCUT2D eigenvalue weighted by Crippen LogP contribution is -2.62. The molecule has 1 heterocycles. The van der Waals surface area contributed by atoms with E-state index in [0.29, 0.717) is 10.0 Å². The summed E-state index contributed by atoms with van der Waals surface area (Å²) in [6.45, 7) is 0. The number of nitrogens with zero attached hydrogens (tertiary/aromatic N) is 2. The molecule has 0 amide bonds. The summed E-state index contributed by atoms with van der Waals surface area (Å²) in [5, 5.41) is 14.4. The van der Waals surface area contributed by atoms with E-state index in [1.807, 2.05) is 0 Å². The highest BCUT2D eigenvalue weighted by Crippen LogP contribution is 2.49. The Morgan fingerprint density at radius 3 is 2.03 bits per heavy atom. The molecule has 1 N–H and O–H groups in total. The van der Waals surface area contributed by atoms with Crippen LogP contribution in [0.2, 0.25) is 5.02 Å².